The lowest BCUT2D eigenvalue weighted by molar-refractivity contribution is -0.133. The van der Waals surface area contributed by atoms with Crippen LogP contribution < -0.4 is 10.8 Å². The highest BCUT2D eigenvalue weighted by atomic mass is 35.5. The standard InChI is InChI=1S/C23H22ClN3O4/c1-13-8-16(18-10-17(24)6-7-20(18)25-13)9-14-2-4-15(5-3-14)22(28)26-21-12-31-11-19(21)23(29)27-30/h2-8,10,19,21,30H,9,11-12H2,1H3,(H,26,28)(H,27,29)/t19-,21+/m0/s1. The molecule has 1 aliphatic rings. The predicted octanol–water partition coefficient (Wildman–Crippen LogP) is 3.04. The molecule has 4 rings (SSSR count). The van der Waals surface area contributed by atoms with Crippen LogP contribution in [-0.2, 0) is 16.0 Å². The van der Waals surface area contributed by atoms with Crippen LogP contribution in [0.2, 0.25) is 5.02 Å². The lowest BCUT2D eigenvalue weighted by Crippen LogP contribution is -2.45. The Bertz CT molecular complexity index is 1130. The van der Waals surface area contributed by atoms with E-state index in [1.54, 1.807) is 17.6 Å². The topological polar surface area (TPSA) is 101 Å². The molecule has 0 saturated carbocycles. The lowest BCUT2D eigenvalue weighted by atomic mass is 9.99. The zero-order valence-electron chi connectivity index (χ0n) is 16.9. The van der Waals surface area contributed by atoms with E-state index in [4.69, 9.17) is 21.5 Å². The molecular weight excluding hydrogens is 418 g/mol. The molecular formula is C23H22ClN3O4. The summed E-state index contributed by atoms with van der Waals surface area (Å²) < 4.78 is 5.27. The summed E-state index contributed by atoms with van der Waals surface area (Å²) in [6.45, 7) is 2.33. The molecule has 160 valence electrons. The smallest absolute Gasteiger partial charge is 0.251 e. The van der Waals surface area contributed by atoms with Gasteiger partial charge in [-0.3, -0.25) is 19.8 Å². The van der Waals surface area contributed by atoms with Crippen molar-refractivity contribution in [2.45, 2.75) is 19.4 Å². The van der Waals surface area contributed by atoms with Crippen molar-refractivity contribution in [1.29, 1.82) is 0 Å². The quantitative estimate of drug-likeness (QED) is 0.419. The van der Waals surface area contributed by atoms with Crippen LogP contribution in [0.15, 0.2) is 48.5 Å². The number of carbonyl (C=O) groups is 2. The Hall–Kier alpha value is -3.00. The first-order valence-corrected chi connectivity index (χ1v) is 10.3. The maximum absolute atomic E-state index is 12.6. The van der Waals surface area contributed by atoms with Crippen molar-refractivity contribution < 1.29 is 19.5 Å². The number of pyridine rings is 1. The molecule has 1 saturated heterocycles. The fourth-order valence-corrected chi connectivity index (χ4v) is 4.02. The van der Waals surface area contributed by atoms with Gasteiger partial charge in [-0.1, -0.05) is 23.7 Å². The first-order chi connectivity index (χ1) is 14.9. The molecule has 3 aromatic rings. The van der Waals surface area contributed by atoms with E-state index in [9.17, 15) is 9.59 Å². The Kier molecular flexibility index (Phi) is 6.18. The molecule has 2 aromatic carbocycles. The van der Waals surface area contributed by atoms with Gasteiger partial charge in [0.05, 0.1) is 30.7 Å². The zero-order chi connectivity index (χ0) is 22.0. The SMILES string of the molecule is Cc1cc(Cc2ccc(C(=O)N[C@@H]3COC[C@@H]3C(=O)NO)cc2)c2cc(Cl)ccc2n1. The first kappa shape index (κ1) is 21.2. The number of halogens is 1. The minimum Gasteiger partial charge on any atom is -0.378 e. The highest BCUT2D eigenvalue weighted by Gasteiger charge is 2.35. The van der Waals surface area contributed by atoms with Gasteiger partial charge in [-0.05, 0) is 60.9 Å². The zero-order valence-corrected chi connectivity index (χ0v) is 17.6. The number of carbonyl (C=O) groups excluding carboxylic acids is 2. The van der Waals surface area contributed by atoms with Crippen molar-refractivity contribution in [3.63, 3.8) is 0 Å². The van der Waals surface area contributed by atoms with Crippen LogP contribution in [0, 0.1) is 12.8 Å². The van der Waals surface area contributed by atoms with Crippen molar-refractivity contribution in [2.75, 3.05) is 13.2 Å². The largest absolute Gasteiger partial charge is 0.378 e. The Morgan fingerprint density at radius 2 is 1.94 bits per heavy atom. The van der Waals surface area contributed by atoms with Crippen molar-refractivity contribution >= 4 is 34.3 Å². The molecule has 1 aliphatic heterocycles. The van der Waals surface area contributed by atoms with Crippen LogP contribution in [-0.4, -0.2) is 41.3 Å². The normalized spacial score (nSPS) is 18.2. The van der Waals surface area contributed by atoms with Gasteiger partial charge in [-0.15, -0.1) is 0 Å². The second-order valence-corrected chi connectivity index (χ2v) is 8.09. The first-order valence-electron chi connectivity index (χ1n) is 9.92. The number of aromatic nitrogens is 1. The second kappa shape index (κ2) is 9.01. The van der Waals surface area contributed by atoms with Crippen LogP contribution >= 0.6 is 11.6 Å². The maximum Gasteiger partial charge on any atom is 0.251 e. The highest BCUT2D eigenvalue weighted by Crippen LogP contribution is 2.25. The summed E-state index contributed by atoms with van der Waals surface area (Å²) in [4.78, 5) is 28.9. The summed E-state index contributed by atoms with van der Waals surface area (Å²) in [7, 11) is 0. The molecule has 0 unspecified atom stereocenters. The van der Waals surface area contributed by atoms with Crippen molar-refractivity contribution in [3.05, 3.63) is 75.9 Å². The predicted molar refractivity (Wildman–Crippen MR) is 116 cm³/mol. The molecule has 31 heavy (non-hydrogen) atoms. The van der Waals surface area contributed by atoms with Gasteiger partial charge in [0, 0.05) is 21.7 Å². The molecule has 2 amide bonds. The lowest BCUT2D eigenvalue weighted by Gasteiger charge is -2.17. The van der Waals surface area contributed by atoms with Gasteiger partial charge in [0.15, 0.2) is 0 Å². The number of rotatable bonds is 5. The number of fused-ring (bicyclic) bond motifs is 1. The monoisotopic (exact) mass is 439 g/mol. The van der Waals surface area contributed by atoms with E-state index in [-0.39, 0.29) is 19.1 Å². The number of nitrogens with one attached hydrogen (secondary N) is 2. The van der Waals surface area contributed by atoms with Crippen molar-refractivity contribution in [1.82, 2.24) is 15.8 Å². The van der Waals surface area contributed by atoms with E-state index in [1.165, 1.54) is 0 Å². The van der Waals surface area contributed by atoms with Crippen molar-refractivity contribution in [3.8, 4) is 0 Å². The third-order valence-corrected chi connectivity index (χ3v) is 5.67. The average molecular weight is 440 g/mol. The number of amides is 2. The summed E-state index contributed by atoms with van der Waals surface area (Å²) in [6, 6.07) is 14.5. The number of hydrogen-bond donors (Lipinski definition) is 3. The molecule has 2 heterocycles. The average Bonchev–Trinajstić information content (AvgIpc) is 3.22. The van der Waals surface area contributed by atoms with Gasteiger partial charge in [-0.25, -0.2) is 5.48 Å². The minimum absolute atomic E-state index is 0.152. The molecule has 0 spiro atoms. The van der Waals surface area contributed by atoms with E-state index in [0.717, 1.165) is 27.7 Å². The van der Waals surface area contributed by atoms with Gasteiger partial charge in [0.1, 0.15) is 0 Å². The molecule has 0 bridgehead atoms. The summed E-state index contributed by atoms with van der Waals surface area (Å²) in [5, 5.41) is 13.3. The van der Waals surface area contributed by atoms with Crippen LogP contribution in [0.5, 0.6) is 0 Å². The summed E-state index contributed by atoms with van der Waals surface area (Å²) in [6.07, 6.45) is 0.678. The number of aryl methyl sites for hydroxylation is 1. The number of hydroxylamine groups is 1. The van der Waals surface area contributed by atoms with E-state index in [0.29, 0.717) is 17.0 Å². The van der Waals surface area contributed by atoms with Gasteiger partial charge in [0.25, 0.3) is 11.8 Å². The maximum atomic E-state index is 12.6. The van der Waals surface area contributed by atoms with Gasteiger partial charge >= 0.3 is 0 Å². The number of benzene rings is 2. The number of hydrogen-bond acceptors (Lipinski definition) is 5. The van der Waals surface area contributed by atoms with E-state index in [2.05, 4.69) is 10.3 Å². The molecule has 3 N–H and O–H groups in total. The number of ether oxygens (including phenoxy) is 1. The van der Waals surface area contributed by atoms with E-state index < -0.39 is 17.9 Å². The Labute approximate surface area is 184 Å². The number of nitrogens with zero attached hydrogens (tertiary/aromatic N) is 1. The van der Waals surface area contributed by atoms with Crippen LogP contribution in [0.1, 0.15) is 27.2 Å². The van der Waals surface area contributed by atoms with Gasteiger partial charge in [-0.2, -0.15) is 0 Å². The molecule has 0 radical (unpaired) electrons. The summed E-state index contributed by atoms with van der Waals surface area (Å²) >= 11 is 6.18. The minimum atomic E-state index is -0.622. The van der Waals surface area contributed by atoms with E-state index in [1.807, 2.05) is 43.3 Å². The van der Waals surface area contributed by atoms with Crippen LogP contribution in [0.25, 0.3) is 10.9 Å². The fraction of sp³-hybridized carbons (Fsp3) is 0.261. The molecule has 1 fully saturated rings. The Morgan fingerprint density at radius 3 is 2.68 bits per heavy atom. The highest BCUT2D eigenvalue weighted by molar-refractivity contribution is 6.31. The molecule has 1 aromatic heterocycles. The fourth-order valence-electron chi connectivity index (χ4n) is 3.84. The molecule has 2 atom stereocenters. The third kappa shape index (κ3) is 4.69. The summed E-state index contributed by atoms with van der Waals surface area (Å²) in [5.74, 6) is -1.49. The Balaban J connectivity index is 1.49. The molecule has 7 nitrogen and oxygen atoms in total. The van der Waals surface area contributed by atoms with Gasteiger partial charge < -0.3 is 10.1 Å². The van der Waals surface area contributed by atoms with Crippen molar-refractivity contribution in [2.24, 2.45) is 5.92 Å². The third-order valence-electron chi connectivity index (χ3n) is 5.44. The Morgan fingerprint density at radius 1 is 1.16 bits per heavy atom. The molecule has 0 aliphatic carbocycles. The summed E-state index contributed by atoms with van der Waals surface area (Å²) in [5.41, 5.74) is 6.09. The van der Waals surface area contributed by atoms with Crippen LogP contribution in [0.3, 0.4) is 0 Å². The van der Waals surface area contributed by atoms with Crippen LogP contribution in [0.4, 0.5) is 0 Å². The van der Waals surface area contributed by atoms with E-state index >= 15 is 0 Å². The second-order valence-electron chi connectivity index (χ2n) is 7.66. The molecule has 8 heteroatoms. The van der Waals surface area contributed by atoms with Gasteiger partial charge in [0.2, 0.25) is 0 Å².